The van der Waals surface area contributed by atoms with E-state index in [0.29, 0.717) is 13.0 Å². The molecule has 0 aromatic rings. The molecule has 0 rings (SSSR count). The molecule has 14 heavy (non-hydrogen) atoms. The predicted molar refractivity (Wildman–Crippen MR) is 56.4 cm³/mol. The number of halogens is 1. The molecular weight excluding hydrogens is 204 g/mol. The maximum Gasteiger partial charge on any atom is 0.307 e. The van der Waals surface area contributed by atoms with Crippen LogP contribution in [-0.2, 0) is 9.53 Å². The first kappa shape index (κ1) is 13.7. The van der Waals surface area contributed by atoms with E-state index in [-0.39, 0.29) is 12.4 Å². The summed E-state index contributed by atoms with van der Waals surface area (Å²) in [4.78, 5) is 11.0. The summed E-state index contributed by atoms with van der Waals surface area (Å²) in [5, 5.41) is 9.00. The van der Waals surface area contributed by atoms with Gasteiger partial charge >= 0.3 is 5.97 Å². The average molecular weight is 223 g/mol. The fourth-order valence-electron chi connectivity index (χ4n) is 1.11. The van der Waals surface area contributed by atoms with E-state index in [2.05, 4.69) is 0 Å². The molecule has 2 atom stereocenters. The summed E-state index contributed by atoms with van der Waals surface area (Å²) >= 11 is 5.85. The molecule has 3 nitrogen and oxygen atoms in total. The van der Waals surface area contributed by atoms with E-state index >= 15 is 0 Å². The van der Waals surface area contributed by atoms with Crippen molar-refractivity contribution < 1.29 is 14.6 Å². The van der Waals surface area contributed by atoms with Crippen LogP contribution in [0.4, 0.5) is 0 Å². The van der Waals surface area contributed by atoms with Gasteiger partial charge in [-0.3, -0.25) is 4.79 Å². The Morgan fingerprint density at radius 1 is 1.50 bits per heavy atom. The van der Waals surface area contributed by atoms with E-state index in [1.54, 1.807) is 6.92 Å². The maximum absolute atomic E-state index is 11.0. The SMILES string of the molecule is CCCC[C@@H](O)[C@H](Cl)CC(=O)OCC. The van der Waals surface area contributed by atoms with Gasteiger partial charge in [0.1, 0.15) is 0 Å². The first-order valence-electron chi connectivity index (χ1n) is 5.09. The lowest BCUT2D eigenvalue weighted by molar-refractivity contribution is -0.143. The summed E-state index contributed by atoms with van der Waals surface area (Å²) in [6.45, 7) is 4.14. The normalized spacial score (nSPS) is 14.9. The van der Waals surface area contributed by atoms with Crippen LogP contribution in [-0.4, -0.2) is 29.2 Å². The van der Waals surface area contributed by atoms with Gasteiger partial charge in [0.2, 0.25) is 0 Å². The van der Waals surface area contributed by atoms with E-state index in [0.717, 1.165) is 12.8 Å². The molecule has 84 valence electrons. The highest BCUT2D eigenvalue weighted by molar-refractivity contribution is 6.22. The minimum Gasteiger partial charge on any atom is -0.466 e. The molecule has 0 aromatic carbocycles. The number of esters is 1. The van der Waals surface area contributed by atoms with E-state index in [1.165, 1.54) is 0 Å². The minimum atomic E-state index is -0.610. The molecule has 0 radical (unpaired) electrons. The van der Waals surface area contributed by atoms with Gasteiger partial charge in [-0.1, -0.05) is 19.8 Å². The van der Waals surface area contributed by atoms with Crippen LogP contribution in [0.1, 0.15) is 39.5 Å². The van der Waals surface area contributed by atoms with E-state index in [9.17, 15) is 9.90 Å². The molecule has 0 aliphatic carbocycles. The van der Waals surface area contributed by atoms with Gasteiger partial charge < -0.3 is 9.84 Å². The van der Waals surface area contributed by atoms with Crippen LogP contribution in [0.25, 0.3) is 0 Å². The third-order valence-corrected chi connectivity index (χ3v) is 2.38. The van der Waals surface area contributed by atoms with Gasteiger partial charge in [0.15, 0.2) is 0 Å². The molecule has 0 heterocycles. The maximum atomic E-state index is 11.0. The standard InChI is InChI=1S/C10H19ClO3/c1-3-5-6-9(12)8(11)7-10(13)14-4-2/h8-9,12H,3-7H2,1-2H3/t8-,9-/m1/s1. The molecule has 4 heteroatoms. The van der Waals surface area contributed by atoms with Crippen LogP contribution in [0.2, 0.25) is 0 Å². The molecule has 0 unspecified atom stereocenters. The van der Waals surface area contributed by atoms with Gasteiger partial charge in [0.05, 0.1) is 24.5 Å². The van der Waals surface area contributed by atoms with E-state index in [1.807, 2.05) is 6.92 Å². The molecule has 1 N–H and O–H groups in total. The Morgan fingerprint density at radius 2 is 2.14 bits per heavy atom. The van der Waals surface area contributed by atoms with Gasteiger partial charge in [-0.2, -0.15) is 0 Å². The Bertz CT molecular complexity index is 161. The van der Waals surface area contributed by atoms with Crippen molar-refractivity contribution in [2.24, 2.45) is 0 Å². The lowest BCUT2D eigenvalue weighted by Crippen LogP contribution is -2.24. The van der Waals surface area contributed by atoms with Crippen molar-refractivity contribution in [3.05, 3.63) is 0 Å². The quantitative estimate of drug-likeness (QED) is 0.530. The number of hydrogen-bond donors (Lipinski definition) is 1. The zero-order chi connectivity index (χ0) is 11.0. The number of carbonyl (C=O) groups is 1. The Hall–Kier alpha value is -0.280. The molecule has 0 spiro atoms. The first-order chi connectivity index (χ1) is 6.61. The molecule has 0 aliphatic heterocycles. The second kappa shape index (κ2) is 8.06. The number of carbonyl (C=O) groups excluding carboxylic acids is 1. The van der Waals surface area contributed by atoms with Crippen molar-refractivity contribution in [3.8, 4) is 0 Å². The highest BCUT2D eigenvalue weighted by Gasteiger charge is 2.19. The molecule has 0 amide bonds. The highest BCUT2D eigenvalue weighted by Crippen LogP contribution is 2.14. The molecule has 0 saturated heterocycles. The number of rotatable bonds is 7. The van der Waals surface area contributed by atoms with Crippen LogP contribution < -0.4 is 0 Å². The summed E-state index contributed by atoms with van der Waals surface area (Å²) in [6.07, 6.45) is 2.05. The molecule has 0 aromatic heterocycles. The zero-order valence-electron chi connectivity index (χ0n) is 8.83. The summed E-state index contributed by atoms with van der Waals surface area (Å²) in [5.74, 6) is -0.344. The topological polar surface area (TPSA) is 46.5 Å². The fraction of sp³-hybridized carbons (Fsp3) is 0.900. The third kappa shape index (κ3) is 6.22. The molecule has 0 fully saturated rings. The first-order valence-corrected chi connectivity index (χ1v) is 5.53. The molecule has 0 bridgehead atoms. The Kier molecular flexibility index (Phi) is 7.90. The van der Waals surface area contributed by atoms with Gasteiger partial charge in [-0.15, -0.1) is 11.6 Å². The summed E-state index contributed by atoms with van der Waals surface area (Å²) in [5.41, 5.74) is 0. The van der Waals surface area contributed by atoms with Crippen molar-refractivity contribution in [1.82, 2.24) is 0 Å². The van der Waals surface area contributed by atoms with Gasteiger partial charge in [0, 0.05) is 0 Å². The number of aliphatic hydroxyl groups excluding tert-OH is 1. The Morgan fingerprint density at radius 3 is 2.64 bits per heavy atom. The summed E-state index contributed by atoms with van der Waals surface area (Å²) < 4.78 is 4.73. The smallest absolute Gasteiger partial charge is 0.307 e. The lowest BCUT2D eigenvalue weighted by atomic mass is 10.1. The third-order valence-electron chi connectivity index (χ3n) is 1.94. The summed E-state index contributed by atoms with van der Waals surface area (Å²) in [6, 6.07) is 0. The van der Waals surface area contributed by atoms with Crippen molar-refractivity contribution in [2.75, 3.05) is 6.61 Å². The van der Waals surface area contributed by atoms with Crippen molar-refractivity contribution in [3.63, 3.8) is 0 Å². The predicted octanol–water partition coefficient (Wildman–Crippen LogP) is 2.10. The van der Waals surface area contributed by atoms with Gasteiger partial charge in [-0.05, 0) is 13.3 Å². The largest absolute Gasteiger partial charge is 0.466 e. The summed E-state index contributed by atoms with van der Waals surface area (Å²) in [7, 11) is 0. The fourth-order valence-corrected chi connectivity index (χ4v) is 1.36. The highest BCUT2D eigenvalue weighted by atomic mass is 35.5. The zero-order valence-corrected chi connectivity index (χ0v) is 9.59. The Balaban J connectivity index is 3.70. The Labute approximate surface area is 90.4 Å². The van der Waals surface area contributed by atoms with Crippen LogP contribution in [0.15, 0.2) is 0 Å². The number of aliphatic hydroxyl groups is 1. The second-order valence-electron chi connectivity index (χ2n) is 3.23. The number of hydrogen-bond acceptors (Lipinski definition) is 3. The molecule has 0 saturated carbocycles. The monoisotopic (exact) mass is 222 g/mol. The van der Waals surface area contributed by atoms with Crippen molar-refractivity contribution in [1.29, 1.82) is 0 Å². The van der Waals surface area contributed by atoms with Crippen LogP contribution >= 0.6 is 11.6 Å². The number of ether oxygens (including phenoxy) is 1. The minimum absolute atomic E-state index is 0.0836. The van der Waals surface area contributed by atoms with Gasteiger partial charge in [0.25, 0.3) is 0 Å². The van der Waals surface area contributed by atoms with Gasteiger partial charge in [-0.25, -0.2) is 0 Å². The van der Waals surface area contributed by atoms with Crippen molar-refractivity contribution in [2.45, 2.75) is 51.0 Å². The van der Waals surface area contributed by atoms with E-state index in [4.69, 9.17) is 16.3 Å². The molecule has 0 aliphatic rings. The van der Waals surface area contributed by atoms with E-state index < -0.39 is 11.5 Å². The number of alkyl halides is 1. The number of unbranched alkanes of at least 4 members (excludes halogenated alkanes) is 1. The van der Waals surface area contributed by atoms with Crippen LogP contribution in [0.5, 0.6) is 0 Å². The molecular formula is C10H19ClO3. The lowest BCUT2D eigenvalue weighted by Gasteiger charge is -2.15. The average Bonchev–Trinajstić information content (AvgIpc) is 2.14. The van der Waals surface area contributed by atoms with Crippen LogP contribution in [0, 0.1) is 0 Å². The van der Waals surface area contributed by atoms with Crippen molar-refractivity contribution >= 4 is 17.6 Å². The van der Waals surface area contributed by atoms with Crippen LogP contribution in [0.3, 0.4) is 0 Å². The second-order valence-corrected chi connectivity index (χ2v) is 3.80.